The van der Waals surface area contributed by atoms with Crippen molar-refractivity contribution in [1.29, 1.82) is 0 Å². The molecule has 0 unspecified atom stereocenters. The Morgan fingerprint density at radius 3 is 2.79 bits per heavy atom. The van der Waals surface area contributed by atoms with Crippen LogP contribution >= 0.6 is 11.8 Å². The predicted molar refractivity (Wildman–Crippen MR) is 65.5 cm³/mol. The van der Waals surface area contributed by atoms with Crippen LogP contribution in [0.15, 0.2) is 36.4 Å². The second-order valence-electron chi connectivity index (χ2n) is 3.15. The zero-order valence-corrected chi connectivity index (χ0v) is 9.39. The summed E-state index contributed by atoms with van der Waals surface area (Å²) in [7, 11) is 0. The van der Waals surface area contributed by atoms with Gasteiger partial charge in [0.1, 0.15) is 0 Å². The third-order valence-electron chi connectivity index (χ3n) is 2.04. The summed E-state index contributed by atoms with van der Waals surface area (Å²) < 4.78 is 0. The lowest BCUT2D eigenvalue weighted by molar-refractivity contribution is 1.25. The fraction of sp³-hybridized carbons (Fsp3) is 0.333. The van der Waals surface area contributed by atoms with E-state index in [9.17, 15) is 0 Å². The Morgan fingerprint density at radius 2 is 2.07 bits per heavy atom. The molecular formula is C12H17NS. The second kappa shape index (κ2) is 6.68. The van der Waals surface area contributed by atoms with Crippen molar-refractivity contribution in [3.05, 3.63) is 47.5 Å². The fourth-order valence-electron chi connectivity index (χ4n) is 1.17. The first kappa shape index (κ1) is 11.3. The van der Waals surface area contributed by atoms with Crippen molar-refractivity contribution >= 4 is 11.8 Å². The molecule has 1 aromatic rings. The highest BCUT2D eigenvalue weighted by atomic mass is 32.2. The minimum atomic E-state index is 0.644. The van der Waals surface area contributed by atoms with Crippen molar-refractivity contribution in [3.63, 3.8) is 0 Å². The molecule has 1 rings (SSSR count). The zero-order valence-electron chi connectivity index (χ0n) is 8.57. The monoisotopic (exact) mass is 207 g/mol. The van der Waals surface area contributed by atoms with Crippen LogP contribution in [0, 0.1) is 6.92 Å². The molecule has 0 fully saturated rings. The van der Waals surface area contributed by atoms with E-state index in [-0.39, 0.29) is 0 Å². The first-order valence-corrected chi connectivity index (χ1v) is 5.97. The predicted octanol–water partition coefficient (Wildman–Crippen LogP) is 2.74. The number of thioether (sulfide) groups is 1. The Morgan fingerprint density at radius 1 is 1.29 bits per heavy atom. The Labute approximate surface area is 90.4 Å². The molecule has 2 heteroatoms. The maximum Gasteiger partial charge on any atom is 0.0190 e. The molecule has 0 radical (unpaired) electrons. The highest BCUT2D eigenvalue weighted by molar-refractivity contribution is 7.98. The minimum absolute atomic E-state index is 0.644. The van der Waals surface area contributed by atoms with E-state index in [1.165, 1.54) is 11.1 Å². The van der Waals surface area contributed by atoms with Crippen molar-refractivity contribution < 1.29 is 0 Å². The van der Waals surface area contributed by atoms with Gasteiger partial charge in [-0.3, -0.25) is 0 Å². The van der Waals surface area contributed by atoms with Crippen LogP contribution in [0.25, 0.3) is 0 Å². The highest BCUT2D eigenvalue weighted by Crippen LogP contribution is 2.15. The molecule has 0 saturated carbocycles. The summed E-state index contributed by atoms with van der Waals surface area (Å²) in [6.45, 7) is 2.80. The normalized spacial score (nSPS) is 11.0. The van der Waals surface area contributed by atoms with Gasteiger partial charge in [0.25, 0.3) is 0 Å². The standard InChI is InChI=1S/C12H17NS/c1-11-6-2-3-7-12(11)10-14-9-5-4-8-13/h2-7H,8-10,13H2,1H3. The Hall–Kier alpha value is -0.730. The van der Waals surface area contributed by atoms with Crippen LogP contribution in [0.3, 0.4) is 0 Å². The van der Waals surface area contributed by atoms with Crippen molar-refractivity contribution in [1.82, 2.24) is 0 Å². The summed E-state index contributed by atoms with van der Waals surface area (Å²) in [5.74, 6) is 2.13. The van der Waals surface area contributed by atoms with Gasteiger partial charge in [-0.15, -0.1) is 0 Å². The second-order valence-corrected chi connectivity index (χ2v) is 4.18. The van der Waals surface area contributed by atoms with Crippen LogP contribution in [-0.2, 0) is 5.75 Å². The van der Waals surface area contributed by atoms with Crippen molar-refractivity contribution in [3.8, 4) is 0 Å². The van der Waals surface area contributed by atoms with Crippen LogP contribution < -0.4 is 5.73 Å². The van der Waals surface area contributed by atoms with Gasteiger partial charge in [-0.25, -0.2) is 0 Å². The summed E-state index contributed by atoms with van der Waals surface area (Å²) in [4.78, 5) is 0. The molecule has 0 aliphatic carbocycles. The van der Waals surface area contributed by atoms with Crippen LogP contribution in [0.2, 0.25) is 0 Å². The van der Waals surface area contributed by atoms with Crippen LogP contribution in [0.5, 0.6) is 0 Å². The third-order valence-corrected chi connectivity index (χ3v) is 2.98. The lowest BCUT2D eigenvalue weighted by Crippen LogP contribution is -1.92. The SMILES string of the molecule is Cc1ccccc1CSCC=CCN. The average molecular weight is 207 g/mol. The summed E-state index contributed by atoms with van der Waals surface area (Å²) in [5, 5.41) is 0. The van der Waals surface area contributed by atoms with Gasteiger partial charge in [0, 0.05) is 18.1 Å². The number of aryl methyl sites for hydroxylation is 1. The van der Waals surface area contributed by atoms with Crippen LogP contribution in [0.4, 0.5) is 0 Å². The summed E-state index contributed by atoms with van der Waals surface area (Å²) in [5.41, 5.74) is 8.16. The summed E-state index contributed by atoms with van der Waals surface area (Å²) in [6.07, 6.45) is 4.13. The first-order valence-electron chi connectivity index (χ1n) is 4.82. The molecule has 0 bridgehead atoms. The van der Waals surface area contributed by atoms with Gasteiger partial charge in [-0.05, 0) is 18.1 Å². The zero-order chi connectivity index (χ0) is 10.2. The molecule has 0 aliphatic heterocycles. The van der Waals surface area contributed by atoms with Crippen molar-refractivity contribution in [2.45, 2.75) is 12.7 Å². The first-order chi connectivity index (χ1) is 6.84. The number of hydrogen-bond donors (Lipinski definition) is 1. The fourth-order valence-corrected chi connectivity index (χ4v) is 2.11. The lowest BCUT2D eigenvalue weighted by atomic mass is 10.1. The molecule has 0 atom stereocenters. The number of nitrogens with two attached hydrogens (primary N) is 1. The largest absolute Gasteiger partial charge is 0.327 e. The Balaban J connectivity index is 2.31. The molecule has 14 heavy (non-hydrogen) atoms. The topological polar surface area (TPSA) is 26.0 Å². The third kappa shape index (κ3) is 3.99. The molecule has 0 saturated heterocycles. The van der Waals surface area contributed by atoms with Gasteiger partial charge in [-0.2, -0.15) is 11.8 Å². The molecular weight excluding hydrogens is 190 g/mol. The van der Waals surface area contributed by atoms with E-state index in [1.54, 1.807) is 0 Å². The van der Waals surface area contributed by atoms with E-state index >= 15 is 0 Å². The molecule has 0 aliphatic rings. The van der Waals surface area contributed by atoms with Gasteiger partial charge in [0.15, 0.2) is 0 Å². The van der Waals surface area contributed by atoms with Crippen molar-refractivity contribution in [2.75, 3.05) is 12.3 Å². The van der Waals surface area contributed by atoms with Crippen LogP contribution in [0.1, 0.15) is 11.1 Å². The van der Waals surface area contributed by atoms with E-state index < -0.39 is 0 Å². The molecule has 1 nitrogen and oxygen atoms in total. The summed E-state index contributed by atoms with van der Waals surface area (Å²) >= 11 is 1.92. The smallest absolute Gasteiger partial charge is 0.0190 e. The maximum atomic E-state index is 5.35. The van der Waals surface area contributed by atoms with Crippen molar-refractivity contribution in [2.24, 2.45) is 5.73 Å². The van der Waals surface area contributed by atoms with Crippen LogP contribution in [-0.4, -0.2) is 12.3 Å². The van der Waals surface area contributed by atoms with Gasteiger partial charge in [-0.1, -0.05) is 36.4 Å². The molecule has 0 heterocycles. The quantitative estimate of drug-likeness (QED) is 0.593. The van der Waals surface area contributed by atoms with E-state index in [0.29, 0.717) is 6.54 Å². The number of benzene rings is 1. The van der Waals surface area contributed by atoms with E-state index in [0.717, 1.165) is 11.5 Å². The average Bonchev–Trinajstić information content (AvgIpc) is 2.20. The van der Waals surface area contributed by atoms with Gasteiger partial charge >= 0.3 is 0 Å². The highest BCUT2D eigenvalue weighted by Gasteiger charge is 1.95. The van der Waals surface area contributed by atoms with E-state index in [4.69, 9.17) is 5.73 Å². The van der Waals surface area contributed by atoms with Gasteiger partial charge in [0.2, 0.25) is 0 Å². The molecule has 0 amide bonds. The van der Waals surface area contributed by atoms with E-state index in [1.807, 2.05) is 17.8 Å². The number of rotatable bonds is 5. The minimum Gasteiger partial charge on any atom is -0.327 e. The van der Waals surface area contributed by atoms with E-state index in [2.05, 4.69) is 37.3 Å². The van der Waals surface area contributed by atoms with Gasteiger partial charge < -0.3 is 5.73 Å². The number of hydrogen-bond acceptors (Lipinski definition) is 2. The molecule has 0 spiro atoms. The molecule has 1 aromatic carbocycles. The van der Waals surface area contributed by atoms with Gasteiger partial charge in [0.05, 0.1) is 0 Å². The maximum absolute atomic E-state index is 5.35. The molecule has 2 N–H and O–H groups in total. The summed E-state index contributed by atoms with van der Waals surface area (Å²) in [6, 6.07) is 8.52. The Kier molecular flexibility index (Phi) is 5.42. The Bertz CT molecular complexity index is 294. The molecule has 0 aromatic heterocycles. The molecule has 76 valence electrons. The lowest BCUT2D eigenvalue weighted by Gasteiger charge is -2.03.